The van der Waals surface area contributed by atoms with Crippen LogP contribution in [0.15, 0.2) is 0 Å². The molecule has 0 rings (SSSR count). The molecule has 32 heavy (non-hydrogen) atoms. The van der Waals surface area contributed by atoms with Gasteiger partial charge in [-0.2, -0.15) is 0 Å². The zero-order valence-electron chi connectivity index (χ0n) is 21.4. The monoisotopic (exact) mass is 457 g/mol. The topological polar surface area (TPSA) is 91.5 Å². The first kappa shape index (κ1) is 30.2. The number of likely N-dealkylation sites (N-methyl/N-ethyl adjacent to an activating group) is 4. The molecule has 0 aromatic carbocycles. The molecule has 0 aliphatic heterocycles. The highest BCUT2D eigenvalue weighted by Crippen LogP contribution is 1.96. The molecule has 0 unspecified atom stereocenters. The largest absolute Gasteiger partial charge is 0.355 e. The van der Waals surface area contributed by atoms with E-state index in [1.807, 2.05) is 7.05 Å². The second-order valence-corrected chi connectivity index (χ2v) is 8.66. The van der Waals surface area contributed by atoms with E-state index in [1.54, 1.807) is 11.8 Å². The lowest BCUT2D eigenvalue weighted by Gasteiger charge is -2.29. The number of carbonyl (C=O) groups excluding carboxylic acids is 3. The summed E-state index contributed by atoms with van der Waals surface area (Å²) in [5.41, 5.74) is 0. The van der Waals surface area contributed by atoms with Crippen LogP contribution >= 0.6 is 0 Å². The average molecular weight is 458 g/mol. The van der Waals surface area contributed by atoms with Crippen molar-refractivity contribution in [1.29, 1.82) is 0 Å². The zero-order valence-corrected chi connectivity index (χ0v) is 21.4. The Labute approximate surface area is 195 Å². The van der Waals surface area contributed by atoms with Crippen LogP contribution in [0, 0.1) is 0 Å². The molecule has 0 radical (unpaired) electrons. The molecular formula is C22H47N7O3. The Bertz CT molecular complexity index is 518. The van der Waals surface area contributed by atoms with Crippen molar-refractivity contribution in [2.75, 3.05) is 107 Å². The highest BCUT2D eigenvalue weighted by molar-refractivity contribution is 5.73. The van der Waals surface area contributed by atoms with Gasteiger partial charge in [-0.3, -0.25) is 19.3 Å². The molecule has 0 fully saturated rings. The van der Waals surface area contributed by atoms with Gasteiger partial charge in [0.2, 0.25) is 17.7 Å². The third kappa shape index (κ3) is 17.9. The Morgan fingerprint density at radius 3 is 1.22 bits per heavy atom. The number of nitrogens with zero attached hydrogens (tertiary/aromatic N) is 5. The Balaban J connectivity index is 4.51. The first-order valence-electron chi connectivity index (χ1n) is 11.5. The van der Waals surface area contributed by atoms with Crippen LogP contribution in [0.25, 0.3) is 0 Å². The van der Waals surface area contributed by atoms with E-state index in [0.29, 0.717) is 13.1 Å². The van der Waals surface area contributed by atoms with Gasteiger partial charge in [0.15, 0.2) is 0 Å². The summed E-state index contributed by atoms with van der Waals surface area (Å²) in [7, 11) is 8.06. The fourth-order valence-electron chi connectivity index (χ4n) is 2.93. The van der Waals surface area contributed by atoms with Gasteiger partial charge >= 0.3 is 0 Å². The number of hydrogen-bond acceptors (Lipinski definition) is 7. The molecule has 10 nitrogen and oxygen atoms in total. The van der Waals surface area contributed by atoms with Crippen molar-refractivity contribution in [3.63, 3.8) is 0 Å². The third-order valence-corrected chi connectivity index (χ3v) is 5.48. The molecule has 0 saturated carbocycles. The van der Waals surface area contributed by atoms with E-state index in [-0.39, 0.29) is 17.7 Å². The lowest BCUT2D eigenvalue weighted by molar-refractivity contribution is -0.127. The zero-order chi connectivity index (χ0) is 24.5. The molecule has 0 aliphatic carbocycles. The molecule has 0 heterocycles. The maximum absolute atomic E-state index is 11.4. The van der Waals surface area contributed by atoms with Crippen LogP contribution < -0.4 is 10.6 Å². The van der Waals surface area contributed by atoms with Gasteiger partial charge in [0, 0.05) is 106 Å². The molecule has 3 amide bonds. The normalized spacial score (nSPS) is 11.5. The summed E-state index contributed by atoms with van der Waals surface area (Å²) < 4.78 is 0. The van der Waals surface area contributed by atoms with Gasteiger partial charge < -0.3 is 30.2 Å². The predicted molar refractivity (Wildman–Crippen MR) is 130 cm³/mol. The van der Waals surface area contributed by atoms with Crippen LogP contribution in [-0.2, 0) is 14.4 Å². The van der Waals surface area contributed by atoms with Crippen molar-refractivity contribution in [3.8, 4) is 0 Å². The molecule has 0 aromatic rings. The molecule has 188 valence electrons. The van der Waals surface area contributed by atoms with Crippen molar-refractivity contribution < 1.29 is 14.4 Å². The number of hydrogen-bond donors (Lipinski definition) is 2. The first-order chi connectivity index (χ1) is 15.0. The van der Waals surface area contributed by atoms with Gasteiger partial charge in [-0.1, -0.05) is 0 Å². The minimum atomic E-state index is 0.000724. The van der Waals surface area contributed by atoms with Gasteiger partial charge in [0.05, 0.1) is 0 Å². The smallest absolute Gasteiger partial charge is 0.219 e. The van der Waals surface area contributed by atoms with E-state index in [2.05, 4.69) is 51.4 Å². The van der Waals surface area contributed by atoms with E-state index in [0.717, 1.165) is 65.4 Å². The van der Waals surface area contributed by atoms with Gasteiger partial charge in [-0.15, -0.1) is 0 Å². The molecule has 0 saturated heterocycles. The third-order valence-electron chi connectivity index (χ3n) is 5.48. The summed E-state index contributed by atoms with van der Waals surface area (Å²) in [6, 6.07) is 0. The Kier molecular flexibility index (Phi) is 16.8. The summed E-state index contributed by atoms with van der Waals surface area (Å²) in [6.07, 6.45) is 0. The molecule has 0 atom stereocenters. The minimum Gasteiger partial charge on any atom is -0.355 e. The Morgan fingerprint density at radius 2 is 0.875 bits per heavy atom. The molecule has 0 aliphatic rings. The molecule has 0 bridgehead atoms. The minimum absolute atomic E-state index is 0.000724. The van der Waals surface area contributed by atoms with Crippen LogP contribution in [-0.4, -0.2) is 149 Å². The predicted octanol–water partition coefficient (Wildman–Crippen LogP) is -1.17. The van der Waals surface area contributed by atoms with E-state index in [1.165, 1.54) is 13.8 Å². The van der Waals surface area contributed by atoms with Crippen molar-refractivity contribution in [2.45, 2.75) is 20.8 Å². The van der Waals surface area contributed by atoms with E-state index in [9.17, 15) is 14.4 Å². The lowest BCUT2D eigenvalue weighted by Crippen LogP contribution is -2.44. The second kappa shape index (κ2) is 17.8. The van der Waals surface area contributed by atoms with Crippen LogP contribution in [0.5, 0.6) is 0 Å². The lowest BCUT2D eigenvalue weighted by atomic mass is 10.3. The molecule has 0 spiro atoms. The van der Waals surface area contributed by atoms with E-state index in [4.69, 9.17) is 0 Å². The molecule has 10 heteroatoms. The SMILES string of the molecule is CC(=O)NCCN(C)CCN(CCN(C)CCNC(C)=O)CCN(C)CCN(C)C(C)=O. The number of rotatable bonds is 18. The summed E-state index contributed by atoms with van der Waals surface area (Å²) in [6.45, 7) is 14.8. The Morgan fingerprint density at radius 1 is 0.531 bits per heavy atom. The molecule has 0 aromatic heterocycles. The van der Waals surface area contributed by atoms with Gasteiger partial charge in [-0.05, 0) is 21.1 Å². The van der Waals surface area contributed by atoms with Gasteiger partial charge in [0.1, 0.15) is 0 Å². The first-order valence-corrected chi connectivity index (χ1v) is 11.5. The van der Waals surface area contributed by atoms with Gasteiger partial charge in [0.25, 0.3) is 0 Å². The quantitative estimate of drug-likeness (QED) is 0.268. The van der Waals surface area contributed by atoms with E-state index < -0.39 is 0 Å². The number of carbonyl (C=O) groups is 3. The summed E-state index contributed by atoms with van der Waals surface area (Å²) in [5, 5.41) is 5.67. The maximum Gasteiger partial charge on any atom is 0.219 e. The number of nitrogens with one attached hydrogen (secondary N) is 2. The summed E-state index contributed by atoms with van der Waals surface area (Å²) in [5.74, 6) is 0.0891. The number of amides is 3. The van der Waals surface area contributed by atoms with E-state index >= 15 is 0 Å². The van der Waals surface area contributed by atoms with Crippen LogP contribution in [0.1, 0.15) is 20.8 Å². The second-order valence-electron chi connectivity index (χ2n) is 8.66. The average Bonchev–Trinajstić information content (AvgIpc) is 2.70. The van der Waals surface area contributed by atoms with Crippen molar-refractivity contribution in [2.24, 2.45) is 0 Å². The fourth-order valence-corrected chi connectivity index (χ4v) is 2.93. The summed E-state index contributed by atoms with van der Waals surface area (Å²) >= 11 is 0. The maximum atomic E-state index is 11.4. The summed E-state index contributed by atoms with van der Waals surface area (Å²) in [4.78, 5) is 44.4. The highest BCUT2D eigenvalue weighted by atomic mass is 16.2. The molecule has 2 N–H and O–H groups in total. The standard InChI is InChI=1S/C22H47N7O3/c1-20(30)23-8-10-25(4)13-17-29(18-14-26(5)11-9-24-21(2)31)19-15-27(6)12-16-28(7)22(3)32/h8-19H2,1-7H3,(H,23,30)(H,24,31). The van der Waals surface area contributed by atoms with Crippen molar-refractivity contribution in [1.82, 2.24) is 35.1 Å². The van der Waals surface area contributed by atoms with Crippen molar-refractivity contribution in [3.05, 3.63) is 0 Å². The molecular weight excluding hydrogens is 410 g/mol. The Hall–Kier alpha value is -1.75. The van der Waals surface area contributed by atoms with Crippen molar-refractivity contribution >= 4 is 17.7 Å². The van der Waals surface area contributed by atoms with Crippen LogP contribution in [0.3, 0.4) is 0 Å². The van der Waals surface area contributed by atoms with Gasteiger partial charge in [-0.25, -0.2) is 0 Å². The van der Waals surface area contributed by atoms with Crippen LogP contribution in [0.2, 0.25) is 0 Å². The van der Waals surface area contributed by atoms with Crippen LogP contribution in [0.4, 0.5) is 0 Å². The highest BCUT2D eigenvalue weighted by Gasteiger charge is 2.11. The fraction of sp³-hybridized carbons (Fsp3) is 0.864.